The van der Waals surface area contributed by atoms with Gasteiger partial charge in [0.1, 0.15) is 11.6 Å². The Morgan fingerprint density at radius 2 is 2.15 bits per heavy atom. The lowest BCUT2D eigenvalue weighted by molar-refractivity contribution is -0.0710. The van der Waals surface area contributed by atoms with Crippen LogP contribution in [0, 0.1) is 13.5 Å². The zero-order valence-electron chi connectivity index (χ0n) is 15.4. The average molecular weight is 365 g/mol. The van der Waals surface area contributed by atoms with Crippen molar-refractivity contribution >= 4 is 11.5 Å². The molecule has 0 radical (unpaired) electrons. The van der Waals surface area contributed by atoms with Gasteiger partial charge in [0.2, 0.25) is 0 Å². The van der Waals surface area contributed by atoms with E-state index in [0.717, 1.165) is 44.1 Å². The molecule has 27 heavy (non-hydrogen) atoms. The zero-order chi connectivity index (χ0) is 18.8. The molecule has 1 aromatic carbocycles. The second-order valence-electron chi connectivity index (χ2n) is 7.24. The molecule has 7 heteroatoms. The Hall–Kier alpha value is -2.69. The van der Waals surface area contributed by atoms with E-state index in [2.05, 4.69) is 25.3 Å². The van der Waals surface area contributed by atoms with E-state index in [4.69, 9.17) is 11.3 Å². The van der Waals surface area contributed by atoms with Crippen LogP contribution in [0.3, 0.4) is 0 Å². The predicted molar refractivity (Wildman–Crippen MR) is 103 cm³/mol. The number of nitrogens with zero attached hydrogens (tertiary/aromatic N) is 4. The molecule has 1 atom stereocenters. The van der Waals surface area contributed by atoms with Gasteiger partial charge in [0.05, 0.1) is 31.5 Å². The molecule has 0 unspecified atom stereocenters. The Balaban J connectivity index is 1.48. The average Bonchev–Trinajstić information content (AvgIpc) is 2.61. The number of likely N-dealkylation sites (tertiary alicyclic amines) is 1. The molecular formula is C20H23N5O2. The molecule has 1 aromatic heterocycles. The maximum Gasteiger partial charge on any atom is 0.190 e. The van der Waals surface area contributed by atoms with Gasteiger partial charge in [-0.05, 0) is 44.0 Å². The fraction of sp³-hybridized carbons (Fsp3) is 0.450. The summed E-state index contributed by atoms with van der Waals surface area (Å²) in [5.74, 6) is 0.803. The molecule has 2 saturated heterocycles. The van der Waals surface area contributed by atoms with Crippen molar-refractivity contribution in [1.82, 2.24) is 15.1 Å². The number of phenols is 1. The Kier molecular flexibility index (Phi) is 4.92. The van der Waals surface area contributed by atoms with Gasteiger partial charge in [0.15, 0.2) is 5.69 Å². The number of anilines is 1. The van der Waals surface area contributed by atoms with Gasteiger partial charge in [0, 0.05) is 18.2 Å². The van der Waals surface area contributed by atoms with Gasteiger partial charge >= 0.3 is 0 Å². The summed E-state index contributed by atoms with van der Waals surface area (Å²) < 4.78 is 5.32. The Bertz CT molecular complexity index is 875. The van der Waals surface area contributed by atoms with E-state index in [-0.39, 0.29) is 5.75 Å². The maximum atomic E-state index is 10.2. The fourth-order valence-corrected chi connectivity index (χ4v) is 3.71. The molecule has 0 bridgehead atoms. The highest BCUT2D eigenvalue weighted by Gasteiger charge is 2.30. The first-order valence-corrected chi connectivity index (χ1v) is 9.27. The van der Waals surface area contributed by atoms with Crippen molar-refractivity contribution in [2.24, 2.45) is 0 Å². The molecule has 0 amide bonds. The molecule has 140 valence electrons. The van der Waals surface area contributed by atoms with E-state index in [1.165, 1.54) is 12.5 Å². The number of ether oxygens (including phenoxy) is 1. The molecule has 3 heterocycles. The predicted octanol–water partition coefficient (Wildman–Crippen LogP) is 2.98. The summed E-state index contributed by atoms with van der Waals surface area (Å²) in [5.41, 5.74) is 2.55. The van der Waals surface area contributed by atoms with Gasteiger partial charge in [-0.1, -0.05) is 12.1 Å². The number of phenolic OH excluding ortho intramolecular Hbond substituents is 1. The van der Waals surface area contributed by atoms with Crippen LogP contribution < -0.4 is 5.32 Å². The minimum absolute atomic E-state index is 0.0484. The zero-order valence-corrected chi connectivity index (χ0v) is 15.4. The van der Waals surface area contributed by atoms with Crippen molar-refractivity contribution in [3.8, 4) is 17.0 Å². The number of hydrogen-bond donors (Lipinski definition) is 2. The second-order valence-corrected chi connectivity index (χ2v) is 7.24. The van der Waals surface area contributed by atoms with Crippen LogP contribution in [0.1, 0.15) is 18.4 Å². The van der Waals surface area contributed by atoms with Gasteiger partial charge in [-0.2, -0.15) is 0 Å². The Labute approximate surface area is 158 Å². The molecule has 2 aromatic rings. The molecule has 2 aliphatic rings. The van der Waals surface area contributed by atoms with Gasteiger partial charge in [0.25, 0.3) is 0 Å². The van der Waals surface area contributed by atoms with Crippen LogP contribution in [0.5, 0.6) is 5.75 Å². The van der Waals surface area contributed by atoms with Gasteiger partial charge in [-0.15, -0.1) is 10.2 Å². The molecule has 0 aliphatic carbocycles. The van der Waals surface area contributed by atoms with E-state index in [1.54, 1.807) is 12.1 Å². The van der Waals surface area contributed by atoms with Crippen molar-refractivity contribution in [2.45, 2.75) is 31.8 Å². The smallest absolute Gasteiger partial charge is 0.190 e. The summed E-state index contributed by atoms with van der Waals surface area (Å²) in [6, 6.07) is 7.73. The second kappa shape index (κ2) is 7.51. The number of hydrogen-bond acceptors (Lipinski definition) is 6. The first kappa shape index (κ1) is 17.7. The first-order chi connectivity index (χ1) is 13.1. The van der Waals surface area contributed by atoms with E-state index in [9.17, 15) is 5.11 Å². The highest BCUT2D eigenvalue weighted by Crippen LogP contribution is 2.33. The van der Waals surface area contributed by atoms with Crippen LogP contribution in [-0.4, -0.2) is 58.6 Å². The van der Waals surface area contributed by atoms with Gasteiger partial charge in [-0.3, -0.25) is 4.90 Å². The summed E-state index contributed by atoms with van der Waals surface area (Å²) in [7, 11) is 0. The molecule has 0 spiro atoms. The number of nitrogens with one attached hydrogen (secondary N) is 1. The van der Waals surface area contributed by atoms with Crippen LogP contribution in [0.4, 0.5) is 11.5 Å². The topological polar surface area (TPSA) is 74.9 Å². The molecule has 4 rings (SSSR count). The van der Waals surface area contributed by atoms with Crippen molar-refractivity contribution in [2.75, 3.05) is 31.6 Å². The third kappa shape index (κ3) is 3.72. The van der Waals surface area contributed by atoms with Crippen molar-refractivity contribution in [1.29, 1.82) is 0 Å². The molecule has 2 aliphatic heterocycles. The number of aromatic nitrogens is 2. The summed E-state index contributed by atoms with van der Waals surface area (Å²) >= 11 is 0. The monoisotopic (exact) mass is 365 g/mol. The van der Waals surface area contributed by atoms with E-state index in [0.29, 0.717) is 29.0 Å². The van der Waals surface area contributed by atoms with Crippen molar-refractivity contribution < 1.29 is 9.84 Å². The lowest BCUT2D eigenvalue weighted by Gasteiger charge is -2.42. The minimum Gasteiger partial charge on any atom is -0.509 e. The third-order valence-electron chi connectivity index (χ3n) is 5.29. The number of piperidine rings is 1. The number of benzene rings is 1. The van der Waals surface area contributed by atoms with E-state index < -0.39 is 0 Å². The highest BCUT2D eigenvalue weighted by atomic mass is 16.5. The van der Waals surface area contributed by atoms with Crippen LogP contribution in [0.25, 0.3) is 16.1 Å². The third-order valence-corrected chi connectivity index (χ3v) is 5.29. The van der Waals surface area contributed by atoms with Crippen LogP contribution >= 0.6 is 0 Å². The number of aryl methyl sites for hydroxylation is 1. The van der Waals surface area contributed by atoms with Crippen LogP contribution in [0.15, 0.2) is 24.3 Å². The molecule has 7 nitrogen and oxygen atoms in total. The van der Waals surface area contributed by atoms with Crippen LogP contribution in [-0.2, 0) is 4.74 Å². The Morgan fingerprint density at radius 3 is 2.81 bits per heavy atom. The fourth-order valence-electron chi connectivity index (χ4n) is 3.71. The molecule has 0 saturated carbocycles. The van der Waals surface area contributed by atoms with Crippen molar-refractivity contribution in [3.63, 3.8) is 0 Å². The number of aromatic hydroxyl groups is 1. The van der Waals surface area contributed by atoms with Gasteiger partial charge in [-0.25, -0.2) is 4.85 Å². The molecular weight excluding hydrogens is 342 g/mol. The summed E-state index contributed by atoms with van der Waals surface area (Å²) in [6.07, 6.45) is 2.28. The normalized spacial score (nSPS) is 20.7. The largest absolute Gasteiger partial charge is 0.509 e. The lowest BCUT2D eigenvalue weighted by Crippen LogP contribution is -2.54. The van der Waals surface area contributed by atoms with E-state index >= 15 is 0 Å². The number of rotatable bonds is 4. The van der Waals surface area contributed by atoms with Gasteiger partial charge < -0.3 is 15.2 Å². The SMILES string of the molecule is [C-]#[N+]c1ccc(-c2nnc(N[C@H]3CCCN(C4COC4)C3)cc2C)c(O)c1. The minimum atomic E-state index is 0.0484. The maximum absolute atomic E-state index is 10.2. The summed E-state index contributed by atoms with van der Waals surface area (Å²) in [4.78, 5) is 5.82. The standard InChI is InChI=1S/C20H23N5O2/c1-13-8-19(22-15-4-3-7-25(10-15)16-11-27-12-16)23-24-20(13)17-6-5-14(21-2)9-18(17)26/h5-6,8-9,15-16,26H,3-4,7,10-12H2,1H3,(H,22,23)/t15-/m0/s1. The first-order valence-electron chi connectivity index (χ1n) is 9.27. The summed E-state index contributed by atoms with van der Waals surface area (Å²) in [5, 5.41) is 22.4. The van der Waals surface area contributed by atoms with Crippen LogP contribution in [0.2, 0.25) is 0 Å². The molecule has 2 N–H and O–H groups in total. The summed E-state index contributed by atoms with van der Waals surface area (Å²) in [6.45, 7) is 12.8. The highest BCUT2D eigenvalue weighted by molar-refractivity contribution is 5.73. The lowest BCUT2D eigenvalue weighted by atomic mass is 10.0. The molecule has 2 fully saturated rings. The quantitative estimate of drug-likeness (QED) is 0.812. The Morgan fingerprint density at radius 1 is 1.30 bits per heavy atom. The van der Waals surface area contributed by atoms with Crippen molar-refractivity contribution in [3.05, 3.63) is 41.2 Å². The van der Waals surface area contributed by atoms with E-state index in [1.807, 2.05) is 13.0 Å².